The SMILES string of the molecule is CC(C)CN1CCC(NC(C)Cn2cccn2)CC1. The molecule has 108 valence electrons. The minimum Gasteiger partial charge on any atom is -0.310 e. The minimum absolute atomic E-state index is 0.488. The zero-order valence-electron chi connectivity index (χ0n) is 12.5. The van der Waals surface area contributed by atoms with E-state index in [4.69, 9.17) is 0 Å². The Balaban J connectivity index is 1.67. The lowest BCUT2D eigenvalue weighted by Crippen LogP contribution is -2.47. The summed E-state index contributed by atoms with van der Waals surface area (Å²) < 4.78 is 2.01. The van der Waals surface area contributed by atoms with Gasteiger partial charge in [0.25, 0.3) is 0 Å². The molecular weight excluding hydrogens is 236 g/mol. The van der Waals surface area contributed by atoms with Gasteiger partial charge in [-0.25, -0.2) is 0 Å². The number of aromatic nitrogens is 2. The molecule has 0 amide bonds. The Morgan fingerprint density at radius 3 is 2.53 bits per heavy atom. The van der Waals surface area contributed by atoms with Gasteiger partial charge in [-0.15, -0.1) is 0 Å². The van der Waals surface area contributed by atoms with Crippen molar-refractivity contribution < 1.29 is 0 Å². The summed E-state index contributed by atoms with van der Waals surface area (Å²) in [6.45, 7) is 11.5. The van der Waals surface area contributed by atoms with Crippen LogP contribution in [-0.4, -0.2) is 46.4 Å². The second-order valence-corrected chi connectivity index (χ2v) is 6.26. The van der Waals surface area contributed by atoms with Crippen LogP contribution in [0.4, 0.5) is 0 Å². The predicted octanol–water partition coefficient (Wildman–Crippen LogP) is 1.98. The zero-order chi connectivity index (χ0) is 13.7. The number of nitrogens with one attached hydrogen (secondary N) is 1. The van der Waals surface area contributed by atoms with E-state index in [9.17, 15) is 0 Å². The van der Waals surface area contributed by atoms with E-state index in [0.29, 0.717) is 12.1 Å². The van der Waals surface area contributed by atoms with Gasteiger partial charge < -0.3 is 10.2 Å². The van der Waals surface area contributed by atoms with Crippen LogP contribution in [0.3, 0.4) is 0 Å². The lowest BCUT2D eigenvalue weighted by molar-refractivity contribution is 0.173. The molecule has 1 N–H and O–H groups in total. The number of hydrogen-bond acceptors (Lipinski definition) is 3. The van der Waals surface area contributed by atoms with Crippen LogP contribution in [0.2, 0.25) is 0 Å². The Morgan fingerprint density at radius 1 is 1.21 bits per heavy atom. The van der Waals surface area contributed by atoms with Crippen LogP contribution >= 0.6 is 0 Å². The molecule has 0 radical (unpaired) electrons. The molecule has 0 bridgehead atoms. The van der Waals surface area contributed by atoms with E-state index in [1.807, 2.05) is 23.1 Å². The summed E-state index contributed by atoms with van der Waals surface area (Å²) in [5, 5.41) is 8.01. The fourth-order valence-electron chi connectivity index (χ4n) is 2.94. The summed E-state index contributed by atoms with van der Waals surface area (Å²) in [6.07, 6.45) is 6.42. The largest absolute Gasteiger partial charge is 0.310 e. The topological polar surface area (TPSA) is 33.1 Å². The number of hydrogen-bond donors (Lipinski definition) is 1. The first-order valence-electron chi connectivity index (χ1n) is 7.59. The molecule has 1 aromatic heterocycles. The summed E-state index contributed by atoms with van der Waals surface area (Å²) in [5.74, 6) is 0.781. The van der Waals surface area contributed by atoms with E-state index in [2.05, 4.69) is 36.1 Å². The second-order valence-electron chi connectivity index (χ2n) is 6.26. The summed E-state index contributed by atoms with van der Waals surface area (Å²) in [4.78, 5) is 2.60. The zero-order valence-corrected chi connectivity index (χ0v) is 12.5. The highest BCUT2D eigenvalue weighted by Gasteiger charge is 2.20. The van der Waals surface area contributed by atoms with Gasteiger partial charge in [-0.3, -0.25) is 4.68 Å². The molecule has 19 heavy (non-hydrogen) atoms. The molecule has 1 aromatic rings. The molecule has 1 aliphatic heterocycles. The molecule has 4 heteroatoms. The first kappa shape index (κ1) is 14.5. The van der Waals surface area contributed by atoms with Crippen molar-refractivity contribution in [3.8, 4) is 0 Å². The van der Waals surface area contributed by atoms with Crippen LogP contribution in [0.5, 0.6) is 0 Å². The monoisotopic (exact) mass is 264 g/mol. The average Bonchev–Trinajstić information content (AvgIpc) is 2.83. The van der Waals surface area contributed by atoms with Crippen molar-refractivity contribution in [1.82, 2.24) is 20.0 Å². The Kier molecular flexibility index (Phi) is 5.40. The van der Waals surface area contributed by atoms with Crippen LogP contribution in [0.15, 0.2) is 18.5 Å². The molecule has 1 saturated heterocycles. The first-order valence-corrected chi connectivity index (χ1v) is 7.59. The fraction of sp³-hybridized carbons (Fsp3) is 0.800. The quantitative estimate of drug-likeness (QED) is 0.853. The summed E-state index contributed by atoms with van der Waals surface area (Å²) in [7, 11) is 0. The molecular formula is C15H28N4. The third kappa shape index (κ3) is 4.96. The standard InChI is InChI=1S/C15H28N4/c1-13(2)11-18-9-5-15(6-10-18)17-14(3)12-19-8-4-7-16-19/h4,7-8,13-15,17H,5-6,9-12H2,1-3H3. The summed E-state index contributed by atoms with van der Waals surface area (Å²) in [6, 6.07) is 3.15. The lowest BCUT2D eigenvalue weighted by Gasteiger charge is -2.34. The van der Waals surface area contributed by atoms with E-state index < -0.39 is 0 Å². The van der Waals surface area contributed by atoms with Crippen molar-refractivity contribution in [2.75, 3.05) is 19.6 Å². The molecule has 2 rings (SSSR count). The van der Waals surface area contributed by atoms with Crippen molar-refractivity contribution in [2.45, 2.75) is 52.2 Å². The van der Waals surface area contributed by atoms with E-state index in [-0.39, 0.29) is 0 Å². The van der Waals surface area contributed by atoms with E-state index in [0.717, 1.165) is 12.5 Å². The van der Waals surface area contributed by atoms with Crippen LogP contribution in [0.1, 0.15) is 33.6 Å². The number of rotatable bonds is 6. The van der Waals surface area contributed by atoms with Gasteiger partial charge in [-0.1, -0.05) is 13.8 Å². The van der Waals surface area contributed by atoms with Crippen LogP contribution in [0.25, 0.3) is 0 Å². The van der Waals surface area contributed by atoms with Crippen molar-refractivity contribution in [1.29, 1.82) is 0 Å². The molecule has 0 saturated carbocycles. The van der Waals surface area contributed by atoms with Crippen molar-refractivity contribution in [2.24, 2.45) is 5.92 Å². The van der Waals surface area contributed by atoms with Crippen molar-refractivity contribution in [3.05, 3.63) is 18.5 Å². The van der Waals surface area contributed by atoms with Gasteiger partial charge in [0, 0.05) is 31.0 Å². The fourth-order valence-corrected chi connectivity index (χ4v) is 2.94. The summed E-state index contributed by atoms with van der Waals surface area (Å²) in [5.41, 5.74) is 0. The Bertz CT molecular complexity index is 339. The number of likely N-dealkylation sites (tertiary alicyclic amines) is 1. The Labute approximate surface area is 117 Å². The highest BCUT2D eigenvalue weighted by molar-refractivity contribution is 4.82. The van der Waals surface area contributed by atoms with Crippen LogP contribution in [0, 0.1) is 5.92 Å². The molecule has 0 aliphatic carbocycles. The van der Waals surface area contributed by atoms with E-state index in [1.165, 1.54) is 32.5 Å². The molecule has 1 aliphatic rings. The van der Waals surface area contributed by atoms with Gasteiger partial charge in [0.1, 0.15) is 0 Å². The molecule has 4 nitrogen and oxygen atoms in total. The first-order chi connectivity index (χ1) is 9.13. The van der Waals surface area contributed by atoms with E-state index in [1.54, 1.807) is 0 Å². The van der Waals surface area contributed by atoms with Gasteiger partial charge in [0.05, 0.1) is 6.54 Å². The van der Waals surface area contributed by atoms with Gasteiger partial charge in [-0.05, 0) is 44.8 Å². The minimum atomic E-state index is 0.488. The molecule has 0 spiro atoms. The molecule has 1 atom stereocenters. The highest BCUT2D eigenvalue weighted by atomic mass is 15.3. The third-order valence-electron chi connectivity index (χ3n) is 3.75. The van der Waals surface area contributed by atoms with Crippen molar-refractivity contribution >= 4 is 0 Å². The average molecular weight is 264 g/mol. The lowest BCUT2D eigenvalue weighted by atomic mass is 10.0. The maximum Gasteiger partial charge on any atom is 0.0560 e. The summed E-state index contributed by atoms with van der Waals surface area (Å²) >= 11 is 0. The maximum atomic E-state index is 4.26. The Morgan fingerprint density at radius 2 is 1.95 bits per heavy atom. The molecule has 2 heterocycles. The van der Waals surface area contributed by atoms with Gasteiger partial charge in [0.2, 0.25) is 0 Å². The highest BCUT2D eigenvalue weighted by Crippen LogP contribution is 2.12. The van der Waals surface area contributed by atoms with Crippen LogP contribution < -0.4 is 5.32 Å². The predicted molar refractivity (Wildman–Crippen MR) is 79.1 cm³/mol. The molecule has 1 fully saturated rings. The van der Waals surface area contributed by atoms with Gasteiger partial charge in [-0.2, -0.15) is 5.10 Å². The van der Waals surface area contributed by atoms with E-state index >= 15 is 0 Å². The number of nitrogens with zero attached hydrogens (tertiary/aromatic N) is 3. The van der Waals surface area contributed by atoms with Crippen LogP contribution in [-0.2, 0) is 6.54 Å². The smallest absolute Gasteiger partial charge is 0.0560 e. The second kappa shape index (κ2) is 7.06. The maximum absolute atomic E-state index is 4.26. The van der Waals surface area contributed by atoms with Gasteiger partial charge >= 0.3 is 0 Å². The normalized spacial score (nSPS) is 20.0. The Hall–Kier alpha value is -0.870. The third-order valence-corrected chi connectivity index (χ3v) is 3.75. The number of piperidine rings is 1. The molecule has 0 aromatic carbocycles. The van der Waals surface area contributed by atoms with Gasteiger partial charge in [0.15, 0.2) is 0 Å². The molecule has 1 unspecified atom stereocenters. The van der Waals surface area contributed by atoms with Crippen molar-refractivity contribution in [3.63, 3.8) is 0 Å².